The molecule has 0 unspecified atom stereocenters. The van der Waals surface area contributed by atoms with Crippen LogP contribution in [-0.4, -0.2) is 28.8 Å². The van der Waals surface area contributed by atoms with E-state index in [1.165, 1.54) is 33.7 Å². The monoisotopic (exact) mass is 402 g/mol. The van der Waals surface area contributed by atoms with Gasteiger partial charge in [0.25, 0.3) is 5.56 Å². The molecule has 0 amide bonds. The number of hydrogen-bond acceptors (Lipinski definition) is 3. The Kier molecular flexibility index (Phi) is 5.06. The first-order chi connectivity index (χ1) is 14.2. The van der Waals surface area contributed by atoms with Crippen LogP contribution < -0.4 is 5.56 Å². The molecular weight excluding hydrogens is 376 g/mol. The Morgan fingerprint density at radius 2 is 1.72 bits per heavy atom. The number of nitrogens with zero attached hydrogens (tertiary/aromatic N) is 2. The van der Waals surface area contributed by atoms with Crippen molar-refractivity contribution in [1.29, 1.82) is 0 Å². The maximum absolute atomic E-state index is 12.7. The molecule has 2 aliphatic heterocycles. The lowest BCUT2D eigenvalue weighted by Crippen LogP contribution is -2.47. The molecule has 0 aliphatic carbocycles. The highest BCUT2D eigenvalue weighted by atomic mass is 32.2. The molecule has 2 atom stereocenters. The summed E-state index contributed by atoms with van der Waals surface area (Å²) in [7, 11) is 0. The number of thioether (sulfide) groups is 1. The summed E-state index contributed by atoms with van der Waals surface area (Å²) >= 11 is 1.76. The van der Waals surface area contributed by atoms with Crippen molar-refractivity contribution in [3.63, 3.8) is 0 Å². The minimum atomic E-state index is 0.149. The maximum atomic E-state index is 12.7. The molecule has 2 aromatic carbocycles. The molecule has 1 saturated heterocycles. The van der Waals surface area contributed by atoms with Gasteiger partial charge in [-0.15, -0.1) is 11.8 Å². The van der Waals surface area contributed by atoms with Crippen LogP contribution in [0.1, 0.15) is 23.6 Å². The van der Waals surface area contributed by atoms with Crippen LogP contribution in [0.4, 0.5) is 0 Å². The van der Waals surface area contributed by atoms with E-state index in [-0.39, 0.29) is 5.56 Å². The van der Waals surface area contributed by atoms with E-state index in [2.05, 4.69) is 70.3 Å². The van der Waals surface area contributed by atoms with Crippen molar-refractivity contribution in [1.82, 2.24) is 9.47 Å². The molecule has 148 valence electrons. The summed E-state index contributed by atoms with van der Waals surface area (Å²) in [6, 6.07) is 23.3. The van der Waals surface area contributed by atoms with Gasteiger partial charge in [0.1, 0.15) is 0 Å². The summed E-state index contributed by atoms with van der Waals surface area (Å²) in [6.45, 7) is 3.92. The standard InChI is InChI=1S/C25H26N2OS/c1-29-22-9-7-20(8-10-22)23-11-12-24(28)27-16-19-13-21(25(23)27)17-26(15-19)14-18-5-3-2-4-6-18/h2-12,19,21H,13-17H2,1H3/t19-,21-/m0/s1. The van der Waals surface area contributed by atoms with Gasteiger partial charge in [-0.25, -0.2) is 0 Å². The Balaban J connectivity index is 1.50. The van der Waals surface area contributed by atoms with Crippen LogP contribution in [0.5, 0.6) is 0 Å². The summed E-state index contributed by atoms with van der Waals surface area (Å²) in [5, 5.41) is 0. The molecule has 2 bridgehead atoms. The van der Waals surface area contributed by atoms with Gasteiger partial charge in [-0.3, -0.25) is 9.69 Å². The second kappa shape index (κ2) is 7.85. The van der Waals surface area contributed by atoms with Crippen LogP contribution in [0.25, 0.3) is 11.1 Å². The van der Waals surface area contributed by atoms with Crippen LogP contribution in [-0.2, 0) is 13.1 Å². The highest BCUT2D eigenvalue weighted by molar-refractivity contribution is 7.98. The third-order valence-corrected chi connectivity index (χ3v) is 7.06. The third kappa shape index (κ3) is 3.67. The van der Waals surface area contributed by atoms with Crippen molar-refractivity contribution in [3.8, 4) is 11.1 Å². The predicted octanol–water partition coefficient (Wildman–Crippen LogP) is 4.86. The van der Waals surface area contributed by atoms with Gasteiger partial charge in [0.05, 0.1) is 0 Å². The van der Waals surface area contributed by atoms with E-state index < -0.39 is 0 Å². The van der Waals surface area contributed by atoms with Crippen LogP contribution >= 0.6 is 11.8 Å². The Morgan fingerprint density at radius 3 is 2.48 bits per heavy atom. The highest BCUT2D eigenvalue weighted by Gasteiger charge is 2.36. The SMILES string of the molecule is CSc1ccc(-c2ccc(=O)n3c2[C@H]2C[C@@H](CN(Cc4ccccc4)C2)C3)cc1. The first-order valence-electron chi connectivity index (χ1n) is 10.4. The van der Waals surface area contributed by atoms with Crippen LogP contribution in [0.2, 0.25) is 0 Å². The maximum Gasteiger partial charge on any atom is 0.250 e. The fourth-order valence-corrected chi connectivity index (χ4v) is 5.51. The number of fused-ring (bicyclic) bond motifs is 4. The molecule has 1 aromatic heterocycles. The molecular formula is C25H26N2OS. The van der Waals surface area contributed by atoms with Crippen molar-refractivity contribution in [3.05, 3.63) is 88.3 Å². The number of aromatic nitrogens is 1. The second-order valence-corrected chi connectivity index (χ2v) is 9.17. The zero-order chi connectivity index (χ0) is 19.8. The molecule has 0 radical (unpaired) electrons. The molecule has 0 spiro atoms. The number of hydrogen-bond donors (Lipinski definition) is 0. The second-order valence-electron chi connectivity index (χ2n) is 8.29. The molecule has 3 aromatic rings. The molecule has 1 fully saturated rings. The Hall–Kier alpha value is -2.30. The van der Waals surface area contributed by atoms with Gasteiger partial charge in [0.2, 0.25) is 0 Å². The van der Waals surface area contributed by atoms with Gasteiger partial charge < -0.3 is 4.57 Å². The first-order valence-corrected chi connectivity index (χ1v) is 11.6. The van der Waals surface area contributed by atoms with E-state index in [4.69, 9.17) is 0 Å². The number of likely N-dealkylation sites (tertiary alicyclic amines) is 1. The summed E-state index contributed by atoms with van der Waals surface area (Å²) in [5.74, 6) is 0.965. The van der Waals surface area contributed by atoms with Gasteiger partial charge in [-0.1, -0.05) is 42.5 Å². The van der Waals surface area contributed by atoms with Crippen LogP contribution in [0.15, 0.2) is 76.4 Å². The lowest BCUT2D eigenvalue weighted by molar-refractivity contribution is 0.115. The molecule has 3 heterocycles. The van der Waals surface area contributed by atoms with Gasteiger partial charge in [0, 0.05) is 54.3 Å². The molecule has 29 heavy (non-hydrogen) atoms. The lowest BCUT2D eigenvalue weighted by atomic mass is 9.80. The molecule has 5 rings (SSSR count). The summed E-state index contributed by atoms with van der Waals surface area (Å²) in [4.78, 5) is 16.5. The normalized spacial score (nSPS) is 21.0. The fourth-order valence-electron chi connectivity index (χ4n) is 5.10. The average Bonchev–Trinajstić information content (AvgIpc) is 2.75. The predicted molar refractivity (Wildman–Crippen MR) is 120 cm³/mol. The molecule has 4 heteroatoms. The molecule has 2 aliphatic rings. The number of benzene rings is 2. The minimum absolute atomic E-state index is 0.149. The van der Waals surface area contributed by atoms with E-state index in [0.717, 1.165) is 26.2 Å². The Labute approximate surface area is 176 Å². The van der Waals surface area contributed by atoms with Gasteiger partial charge in [0.15, 0.2) is 0 Å². The minimum Gasteiger partial charge on any atom is -0.311 e. The van der Waals surface area contributed by atoms with Crippen molar-refractivity contribution in [2.24, 2.45) is 5.92 Å². The van der Waals surface area contributed by atoms with E-state index >= 15 is 0 Å². The summed E-state index contributed by atoms with van der Waals surface area (Å²) in [6.07, 6.45) is 3.28. The van der Waals surface area contributed by atoms with Crippen LogP contribution in [0.3, 0.4) is 0 Å². The molecule has 3 nitrogen and oxygen atoms in total. The average molecular weight is 403 g/mol. The zero-order valence-electron chi connectivity index (χ0n) is 16.8. The molecule has 0 N–H and O–H groups in total. The highest BCUT2D eigenvalue weighted by Crippen LogP contribution is 2.40. The summed E-state index contributed by atoms with van der Waals surface area (Å²) < 4.78 is 2.07. The van der Waals surface area contributed by atoms with Crippen molar-refractivity contribution < 1.29 is 0 Å². The molecule has 0 saturated carbocycles. The Morgan fingerprint density at radius 1 is 0.931 bits per heavy atom. The van der Waals surface area contributed by atoms with Crippen LogP contribution in [0, 0.1) is 5.92 Å². The topological polar surface area (TPSA) is 25.2 Å². The number of piperidine rings is 1. The summed E-state index contributed by atoms with van der Waals surface area (Å²) in [5.41, 5.74) is 5.19. The van der Waals surface area contributed by atoms with E-state index in [0.29, 0.717) is 11.8 Å². The number of pyridine rings is 1. The van der Waals surface area contributed by atoms with Gasteiger partial charge >= 0.3 is 0 Å². The van der Waals surface area contributed by atoms with E-state index in [1.807, 2.05) is 6.07 Å². The largest absolute Gasteiger partial charge is 0.311 e. The lowest BCUT2D eigenvalue weighted by Gasteiger charge is -2.43. The zero-order valence-corrected chi connectivity index (χ0v) is 17.6. The smallest absolute Gasteiger partial charge is 0.250 e. The van der Waals surface area contributed by atoms with Gasteiger partial charge in [-0.2, -0.15) is 0 Å². The van der Waals surface area contributed by atoms with E-state index in [1.54, 1.807) is 17.8 Å². The number of rotatable bonds is 4. The Bertz CT molecular complexity index is 1060. The third-order valence-electron chi connectivity index (χ3n) is 6.32. The first kappa shape index (κ1) is 18.7. The fraction of sp³-hybridized carbons (Fsp3) is 0.320. The quantitative estimate of drug-likeness (QED) is 0.583. The van der Waals surface area contributed by atoms with E-state index in [9.17, 15) is 4.79 Å². The van der Waals surface area contributed by atoms with Gasteiger partial charge in [-0.05, 0) is 47.9 Å². The van der Waals surface area contributed by atoms with Crippen molar-refractivity contribution in [2.75, 3.05) is 19.3 Å². The van der Waals surface area contributed by atoms with Crippen molar-refractivity contribution in [2.45, 2.75) is 30.3 Å². The van der Waals surface area contributed by atoms with Crippen molar-refractivity contribution >= 4 is 11.8 Å².